The Morgan fingerprint density at radius 1 is 1.38 bits per heavy atom. The van der Waals surface area contributed by atoms with Gasteiger partial charge in [0.05, 0.1) is 12.3 Å². The van der Waals surface area contributed by atoms with Crippen LogP contribution in [0.4, 0.5) is 0 Å². The number of aliphatic imine (C=N–C) groups is 1. The van der Waals surface area contributed by atoms with Gasteiger partial charge in [0.2, 0.25) is 5.91 Å². The number of amides is 1. The van der Waals surface area contributed by atoms with E-state index in [0.717, 1.165) is 18.0 Å². The highest BCUT2D eigenvalue weighted by atomic mass is 32.2. The van der Waals surface area contributed by atoms with Crippen LogP contribution in [0, 0.1) is 0 Å². The van der Waals surface area contributed by atoms with E-state index in [1.165, 1.54) is 11.8 Å². The van der Waals surface area contributed by atoms with Crippen molar-refractivity contribution in [2.45, 2.75) is 18.3 Å². The number of para-hydroxylation sites is 1. The molecule has 0 aliphatic carbocycles. The molecule has 0 saturated heterocycles. The Labute approximate surface area is 160 Å². The number of rotatable bonds is 8. The number of ether oxygens (including phenoxy) is 1. The van der Waals surface area contributed by atoms with E-state index in [0.29, 0.717) is 29.3 Å². The van der Waals surface area contributed by atoms with Crippen molar-refractivity contribution in [3.05, 3.63) is 48.8 Å². The first-order valence-electron chi connectivity index (χ1n) is 8.07. The molecule has 136 valence electrons. The van der Waals surface area contributed by atoms with Crippen molar-refractivity contribution in [1.82, 2.24) is 20.1 Å². The zero-order chi connectivity index (χ0) is 18.2. The van der Waals surface area contributed by atoms with Gasteiger partial charge in [0.15, 0.2) is 16.1 Å². The summed E-state index contributed by atoms with van der Waals surface area (Å²) < 4.78 is 7.64. The Hall–Kier alpha value is -2.26. The van der Waals surface area contributed by atoms with Crippen molar-refractivity contribution in [1.29, 1.82) is 0 Å². The molecule has 2 aromatic rings. The summed E-state index contributed by atoms with van der Waals surface area (Å²) in [4.78, 5) is 16.2. The van der Waals surface area contributed by atoms with Crippen molar-refractivity contribution >= 4 is 34.6 Å². The van der Waals surface area contributed by atoms with E-state index < -0.39 is 0 Å². The van der Waals surface area contributed by atoms with Gasteiger partial charge in [-0.1, -0.05) is 47.8 Å². The summed E-state index contributed by atoms with van der Waals surface area (Å²) in [5.41, 5.74) is 0. The van der Waals surface area contributed by atoms with Crippen molar-refractivity contribution in [2.24, 2.45) is 4.99 Å². The smallest absolute Gasteiger partial charge is 0.236 e. The lowest BCUT2D eigenvalue weighted by Crippen LogP contribution is -2.29. The molecule has 1 aromatic heterocycles. The maximum absolute atomic E-state index is 12.0. The molecule has 1 N–H and O–H groups in total. The number of thioether (sulfide) groups is 2. The minimum Gasteiger partial charge on any atom is -0.486 e. The van der Waals surface area contributed by atoms with Gasteiger partial charge in [0, 0.05) is 12.3 Å². The molecule has 26 heavy (non-hydrogen) atoms. The summed E-state index contributed by atoms with van der Waals surface area (Å²) in [6, 6.07) is 9.53. The van der Waals surface area contributed by atoms with Gasteiger partial charge in [-0.2, -0.15) is 0 Å². The molecule has 1 amide bonds. The van der Waals surface area contributed by atoms with Crippen LogP contribution in [-0.4, -0.2) is 43.9 Å². The first kappa shape index (κ1) is 18.5. The van der Waals surface area contributed by atoms with Crippen LogP contribution < -0.4 is 10.1 Å². The highest BCUT2D eigenvalue weighted by molar-refractivity contribution is 8.14. The van der Waals surface area contributed by atoms with E-state index in [1.807, 2.05) is 34.9 Å². The minimum absolute atomic E-state index is 0.0987. The van der Waals surface area contributed by atoms with Crippen molar-refractivity contribution in [3.63, 3.8) is 0 Å². The van der Waals surface area contributed by atoms with E-state index in [1.54, 1.807) is 17.8 Å². The highest BCUT2D eigenvalue weighted by Gasteiger charge is 2.16. The van der Waals surface area contributed by atoms with Crippen molar-refractivity contribution in [2.75, 3.05) is 18.1 Å². The molecule has 1 aromatic carbocycles. The predicted molar refractivity (Wildman–Crippen MR) is 105 cm³/mol. The van der Waals surface area contributed by atoms with Crippen LogP contribution in [0.5, 0.6) is 5.75 Å². The van der Waals surface area contributed by atoms with Crippen LogP contribution in [0.3, 0.4) is 0 Å². The lowest BCUT2D eigenvalue weighted by molar-refractivity contribution is -0.117. The lowest BCUT2D eigenvalue weighted by atomic mass is 10.3. The summed E-state index contributed by atoms with van der Waals surface area (Å²) in [5.74, 6) is 2.52. The third-order valence-electron chi connectivity index (χ3n) is 3.38. The number of hydrogen-bond acceptors (Lipinski definition) is 7. The van der Waals surface area contributed by atoms with E-state index in [2.05, 4.69) is 27.1 Å². The number of amidine groups is 1. The van der Waals surface area contributed by atoms with Gasteiger partial charge in [-0.25, -0.2) is 0 Å². The standard InChI is InChI=1S/C17H19N5O2S2/c1-2-9-22-14(11-24-13-6-4-3-5-7-13)20-21-17(22)26-12-15(23)19-16-18-8-10-25-16/h2-7H,1,8-12H2,(H,18,19,23). The predicted octanol–water partition coefficient (Wildman–Crippen LogP) is 2.35. The van der Waals surface area contributed by atoms with Crippen LogP contribution in [0.25, 0.3) is 0 Å². The van der Waals surface area contributed by atoms with Gasteiger partial charge in [0.25, 0.3) is 0 Å². The lowest BCUT2D eigenvalue weighted by Gasteiger charge is -2.09. The van der Waals surface area contributed by atoms with E-state index >= 15 is 0 Å². The number of aromatic nitrogens is 3. The molecule has 0 atom stereocenters. The molecular formula is C17H19N5O2S2. The number of carbonyl (C=O) groups is 1. The zero-order valence-corrected chi connectivity index (χ0v) is 15.8. The number of benzene rings is 1. The van der Waals surface area contributed by atoms with Crippen LogP contribution >= 0.6 is 23.5 Å². The van der Waals surface area contributed by atoms with Crippen LogP contribution in [0.2, 0.25) is 0 Å². The van der Waals surface area contributed by atoms with E-state index in [9.17, 15) is 4.79 Å². The SMILES string of the molecule is C=CCn1c(COc2ccccc2)nnc1SCC(=O)NC1=NCCS1. The summed E-state index contributed by atoms with van der Waals surface area (Å²) >= 11 is 2.89. The summed E-state index contributed by atoms with van der Waals surface area (Å²) in [6.45, 7) is 5.38. The van der Waals surface area contributed by atoms with Gasteiger partial charge >= 0.3 is 0 Å². The number of allylic oxidation sites excluding steroid dienone is 1. The highest BCUT2D eigenvalue weighted by Crippen LogP contribution is 2.19. The Kier molecular flexibility index (Phi) is 6.73. The van der Waals surface area contributed by atoms with Crippen molar-refractivity contribution < 1.29 is 9.53 Å². The first-order valence-corrected chi connectivity index (χ1v) is 10.0. The first-order chi connectivity index (χ1) is 12.8. The second-order valence-corrected chi connectivity index (χ2v) is 7.30. The zero-order valence-electron chi connectivity index (χ0n) is 14.1. The quantitative estimate of drug-likeness (QED) is 0.551. The fourth-order valence-electron chi connectivity index (χ4n) is 2.21. The number of carbonyl (C=O) groups excluding carboxylic acids is 1. The molecule has 0 radical (unpaired) electrons. The molecule has 0 saturated carbocycles. The number of nitrogens with one attached hydrogen (secondary N) is 1. The summed E-state index contributed by atoms with van der Waals surface area (Å²) in [6.07, 6.45) is 1.77. The molecule has 2 heterocycles. The fraction of sp³-hybridized carbons (Fsp3) is 0.294. The molecule has 0 fully saturated rings. The number of nitrogens with zero attached hydrogens (tertiary/aromatic N) is 4. The second kappa shape index (κ2) is 9.44. The molecule has 3 rings (SSSR count). The Bertz CT molecular complexity index is 792. The largest absolute Gasteiger partial charge is 0.486 e. The Morgan fingerprint density at radius 2 is 2.23 bits per heavy atom. The van der Waals surface area contributed by atoms with Gasteiger partial charge < -0.3 is 10.1 Å². The van der Waals surface area contributed by atoms with Crippen LogP contribution in [0.15, 0.2) is 53.1 Å². The molecular weight excluding hydrogens is 370 g/mol. The Morgan fingerprint density at radius 3 is 2.96 bits per heavy atom. The third-order valence-corrected chi connectivity index (χ3v) is 5.24. The third kappa shape index (κ3) is 5.12. The molecule has 0 bridgehead atoms. The minimum atomic E-state index is -0.0987. The molecule has 1 aliphatic rings. The normalized spacial score (nSPS) is 13.3. The maximum Gasteiger partial charge on any atom is 0.236 e. The fourth-order valence-corrected chi connectivity index (χ4v) is 3.72. The Balaban J connectivity index is 1.59. The monoisotopic (exact) mass is 389 g/mol. The topological polar surface area (TPSA) is 81.4 Å². The van der Waals surface area contributed by atoms with Gasteiger partial charge in [-0.15, -0.1) is 16.8 Å². The maximum atomic E-state index is 12.0. The number of hydrogen-bond donors (Lipinski definition) is 1. The summed E-state index contributed by atoms with van der Waals surface area (Å²) in [5, 5.41) is 12.5. The molecule has 0 spiro atoms. The molecule has 9 heteroatoms. The van der Waals surface area contributed by atoms with Crippen LogP contribution in [0.1, 0.15) is 5.82 Å². The molecule has 0 unspecified atom stereocenters. The summed E-state index contributed by atoms with van der Waals surface area (Å²) in [7, 11) is 0. The average molecular weight is 390 g/mol. The van der Waals surface area contributed by atoms with Gasteiger partial charge in [0.1, 0.15) is 12.4 Å². The van der Waals surface area contributed by atoms with E-state index in [4.69, 9.17) is 4.74 Å². The van der Waals surface area contributed by atoms with Crippen LogP contribution in [-0.2, 0) is 17.9 Å². The average Bonchev–Trinajstić information content (AvgIpc) is 3.30. The van der Waals surface area contributed by atoms with Gasteiger partial charge in [-0.3, -0.25) is 14.4 Å². The van der Waals surface area contributed by atoms with E-state index in [-0.39, 0.29) is 11.7 Å². The van der Waals surface area contributed by atoms with Crippen molar-refractivity contribution in [3.8, 4) is 5.75 Å². The molecule has 1 aliphatic heterocycles. The molecule has 7 nitrogen and oxygen atoms in total. The second-order valence-electron chi connectivity index (χ2n) is 5.27. The van der Waals surface area contributed by atoms with Gasteiger partial charge in [-0.05, 0) is 12.1 Å².